The smallest absolute Gasteiger partial charge is 0.256 e. The third kappa shape index (κ3) is 3.93. The number of rotatable bonds is 4. The number of carbonyl (C=O) groups excluding carboxylic acids is 1. The highest BCUT2D eigenvalue weighted by atomic mass is 79.9. The lowest BCUT2D eigenvalue weighted by molar-refractivity contribution is 0.102. The lowest BCUT2D eigenvalue weighted by Crippen LogP contribution is -2.16. The molecule has 0 unspecified atom stereocenters. The van der Waals surface area contributed by atoms with Gasteiger partial charge in [0.15, 0.2) is 0 Å². The standard InChI is InChI=1S/C16H16Br2N2O/c1-10-8-13(17)15(14(18)9-10)20-16(21)12-5-3-2-4-11(12)6-7-19/h2-5,8-9H,6-7,19H2,1H3,(H,20,21). The quantitative estimate of drug-likeness (QED) is 0.788. The summed E-state index contributed by atoms with van der Waals surface area (Å²) in [6.07, 6.45) is 0.680. The van der Waals surface area contributed by atoms with Crippen LogP contribution in [-0.4, -0.2) is 12.5 Å². The van der Waals surface area contributed by atoms with E-state index in [-0.39, 0.29) is 5.91 Å². The summed E-state index contributed by atoms with van der Waals surface area (Å²) in [7, 11) is 0. The van der Waals surface area contributed by atoms with E-state index in [0.717, 1.165) is 25.8 Å². The number of hydrogen-bond acceptors (Lipinski definition) is 2. The number of benzene rings is 2. The van der Waals surface area contributed by atoms with Crippen LogP contribution in [0.3, 0.4) is 0 Å². The largest absolute Gasteiger partial charge is 0.330 e. The summed E-state index contributed by atoms with van der Waals surface area (Å²) in [5, 5.41) is 2.95. The summed E-state index contributed by atoms with van der Waals surface area (Å²) in [5.41, 5.74) is 9.05. The van der Waals surface area contributed by atoms with Gasteiger partial charge in [-0.15, -0.1) is 0 Å². The van der Waals surface area contributed by atoms with Crippen LogP contribution in [0, 0.1) is 6.92 Å². The monoisotopic (exact) mass is 410 g/mol. The average molecular weight is 412 g/mol. The van der Waals surface area contributed by atoms with Gasteiger partial charge >= 0.3 is 0 Å². The van der Waals surface area contributed by atoms with Crippen molar-refractivity contribution < 1.29 is 4.79 Å². The molecule has 2 aromatic carbocycles. The van der Waals surface area contributed by atoms with E-state index in [1.807, 2.05) is 43.3 Å². The number of aryl methyl sites for hydroxylation is 1. The molecule has 0 heterocycles. The normalized spacial score (nSPS) is 10.5. The third-order valence-corrected chi connectivity index (χ3v) is 4.35. The van der Waals surface area contributed by atoms with Gasteiger partial charge in [0, 0.05) is 14.5 Å². The molecule has 5 heteroatoms. The van der Waals surface area contributed by atoms with Crippen molar-refractivity contribution in [3.8, 4) is 0 Å². The number of halogens is 2. The second kappa shape index (κ2) is 7.20. The number of nitrogens with one attached hydrogen (secondary N) is 1. The predicted molar refractivity (Wildman–Crippen MR) is 93.7 cm³/mol. The fraction of sp³-hybridized carbons (Fsp3) is 0.188. The molecule has 21 heavy (non-hydrogen) atoms. The van der Waals surface area contributed by atoms with Crippen molar-refractivity contribution in [2.75, 3.05) is 11.9 Å². The van der Waals surface area contributed by atoms with Gasteiger partial charge in [0.25, 0.3) is 5.91 Å². The zero-order chi connectivity index (χ0) is 15.4. The molecule has 0 aromatic heterocycles. The van der Waals surface area contributed by atoms with E-state index in [2.05, 4.69) is 37.2 Å². The van der Waals surface area contributed by atoms with Crippen LogP contribution in [0.2, 0.25) is 0 Å². The van der Waals surface area contributed by atoms with Crippen molar-refractivity contribution in [2.45, 2.75) is 13.3 Å². The Labute approximate surface area is 141 Å². The first-order valence-corrected chi connectivity index (χ1v) is 8.16. The van der Waals surface area contributed by atoms with Crippen molar-refractivity contribution in [1.29, 1.82) is 0 Å². The minimum atomic E-state index is -0.135. The molecule has 2 aromatic rings. The topological polar surface area (TPSA) is 55.1 Å². The highest BCUT2D eigenvalue weighted by molar-refractivity contribution is 9.11. The average Bonchev–Trinajstić information content (AvgIpc) is 2.43. The Bertz CT molecular complexity index is 648. The van der Waals surface area contributed by atoms with Crippen LogP contribution < -0.4 is 11.1 Å². The SMILES string of the molecule is Cc1cc(Br)c(NC(=O)c2ccccc2CCN)c(Br)c1. The molecule has 0 atom stereocenters. The maximum atomic E-state index is 12.5. The molecule has 1 amide bonds. The maximum absolute atomic E-state index is 12.5. The highest BCUT2D eigenvalue weighted by Gasteiger charge is 2.14. The highest BCUT2D eigenvalue weighted by Crippen LogP contribution is 2.32. The molecule has 0 bridgehead atoms. The Kier molecular flexibility index (Phi) is 5.56. The molecule has 0 saturated heterocycles. The summed E-state index contributed by atoms with van der Waals surface area (Å²) in [6.45, 7) is 2.51. The van der Waals surface area contributed by atoms with Crippen molar-refractivity contribution in [1.82, 2.24) is 0 Å². The van der Waals surface area contributed by atoms with E-state index < -0.39 is 0 Å². The van der Waals surface area contributed by atoms with Crippen LogP contribution in [0.25, 0.3) is 0 Å². The predicted octanol–water partition coefficient (Wildman–Crippen LogP) is 4.27. The molecule has 0 fully saturated rings. The third-order valence-electron chi connectivity index (χ3n) is 3.10. The second-order valence-corrected chi connectivity index (χ2v) is 6.46. The first-order chi connectivity index (χ1) is 10.0. The van der Waals surface area contributed by atoms with Crippen LogP contribution in [0.1, 0.15) is 21.5 Å². The minimum absolute atomic E-state index is 0.135. The van der Waals surface area contributed by atoms with Crippen LogP contribution in [0.4, 0.5) is 5.69 Å². The second-order valence-electron chi connectivity index (χ2n) is 4.75. The Morgan fingerprint density at radius 2 is 1.81 bits per heavy atom. The lowest BCUT2D eigenvalue weighted by Gasteiger charge is -2.13. The van der Waals surface area contributed by atoms with Crippen molar-refractivity contribution in [3.05, 3.63) is 62.0 Å². The number of hydrogen-bond donors (Lipinski definition) is 2. The molecular formula is C16H16Br2N2O. The van der Waals surface area contributed by atoms with E-state index >= 15 is 0 Å². The van der Waals surface area contributed by atoms with E-state index in [9.17, 15) is 4.79 Å². The van der Waals surface area contributed by atoms with Crippen LogP contribution in [0.15, 0.2) is 45.3 Å². The summed E-state index contributed by atoms with van der Waals surface area (Å²) in [4.78, 5) is 12.5. The first kappa shape index (κ1) is 16.2. The van der Waals surface area contributed by atoms with Crippen molar-refractivity contribution in [2.24, 2.45) is 5.73 Å². The Hall–Kier alpha value is -1.17. The first-order valence-electron chi connectivity index (χ1n) is 6.58. The fourth-order valence-electron chi connectivity index (χ4n) is 2.12. The van der Waals surface area contributed by atoms with Crippen LogP contribution >= 0.6 is 31.9 Å². The molecule has 2 rings (SSSR count). The maximum Gasteiger partial charge on any atom is 0.256 e. The Morgan fingerprint density at radius 1 is 1.19 bits per heavy atom. The lowest BCUT2D eigenvalue weighted by atomic mass is 10.0. The number of carbonyl (C=O) groups is 1. The van der Waals surface area contributed by atoms with Gasteiger partial charge in [-0.2, -0.15) is 0 Å². The molecular weight excluding hydrogens is 396 g/mol. The van der Waals surface area contributed by atoms with Gasteiger partial charge in [-0.25, -0.2) is 0 Å². The minimum Gasteiger partial charge on any atom is -0.330 e. The van der Waals surface area contributed by atoms with Gasteiger partial charge in [0.1, 0.15) is 0 Å². The molecule has 0 radical (unpaired) electrons. The summed E-state index contributed by atoms with van der Waals surface area (Å²) < 4.78 is 1.69. The molecule has 0 aliphatic rings. The zero-order valence-corrected chi connectivity index (χ0v) is 14.8. The molecule has 0 saturated carbocycles. The Balaban J connectivity index is 2.31. The Morgan fingerprint density at radius 3 is 2.43 bits per heavy atom. The van der Waals surface area contributed by atoms with Gasteiger partial charge in [0.05, 0.1) is 5.69 Å². The zero-order valence-electron chi connectivity index (χ0n) is 11.6. The summed E-state index contributed by atoms with van der Waals surface area (Å²) in [6, 6.07) is 11.4. The van der Waals surface area contributed by atoms with Gasteiger partial charge in [-0.3, -0.25) is 4.79 Å². The van der Waals surface area contributed by atoms with E-state index in [0.29, 0.717) is 18.5 Å². The number of amides is 1. The summed E-state index contributed by atoms with van der Waals surface area (Å²) >= 11 is 6.97. The number of nitrogens with two attached hydrogens (primary N) is 1. The molecule has 3 nitrogen and oxygen atoms in total. The fourth-order valence-corrected chi connectivity index (χ4v) is 3.73. The van der Waals surface area contributed by atoms with Gasteiger partial charge in [0.2, 0.25) is 0 Å². The van der Waals surface area contributed by atoms with Gasteiger partial charge in [-0.05, 0) is 81.1 Å². The van der Waals surface area contributed by atoms with Crippen molar-refractivity contribution >= 4 is 43.5 Å². The number of anilines is 1. The molecule has 0 aliphatic heterocycles. The van der Waals surface area contributed by atoms with Crippen LogP contribution in [0.5, 0.6) is 0 Å². The van der Waals surface area contributed by atoms with Gasteiger partial charge in [-0.1, -0.05) is 18.2 Å². The molecule has 3 N–H and O–H groups in total. The molecule has 0 aliphatic carbocycles. The molecule has 0 spiro atoms. The van der Waals surface area contributed by atoms with E-state index in [4.69, 9.17) is 5.73 Å². The van der Waals surface area contributed by atoms with Crippen LogP contribution in [-0.2, 0) is 6.42 Å². The van der Waals surface area contributed by atoms with E-state index in [1.165, 1.54) is 0 Å². The van der Waals surface area contributed by atoms with E-state index in [1.54, 1.807) is 0 Å². The van der Waals surface area contributed by atoms with Gasteiger partial charge < -0.3 is 11.1 Å². The van der Waals surface area contributed by atoms with Crippen molar-refractivity contribution in [3.63, 3.8) is 0 Å². The summed E-state index contributed by atoms with van der Waals surface area (Å²) in [5.74, 6) is -0.135. The molecule has 110 valence electrons.